The van der Waals surface area contributed by atoms with Crippen molar-refractivity contribution in [1.29, 1.82) is 0 Å². The molecule has 1 amide bonds. The largest absolute Gasteiger partial charge is 0.316 e. The van der Waals surface area contributed by atoms with E-state index in [1.165, 1.54) is 17.7 Å². The van der Waals surface area contributed by atoms with Gasteiger partial charge in [-0.1, -0.05) is 49.8 Å². The Labute approximate surface area is 106 Å². The number of hydrogen-bond acceptors (Lipinski definition) is 1. The first-order valence-corrected chi connectivity index (χ1v) is 9.44. The number of benzene rings is 1. The summed E-state index contributed by atoms with van der Waals surface area (Å²) in [6.45, 7) is 8.62. The van der Waals surface area contributed by atoms with Gasteiger partial charge in [0, 0.05) is 19.7 Å². The quantitative estimate of drug-likeness (QED) is 0.751. The molecular weight excluding hydrogens is 226 g/mol. The molecule has 0 fully saturated rings. The van der Waals surface area contributed by atoms with Crippen molar-refractivity contribution in [2.75, 3.05) is 11.9 Å². The average molecular weight is 249 g/mol. The van der Waals surface area contributed by atoms with E-state index < -0.39 is 8.07 Å². The summed E-state index contributed by atoms with van der Waals surface area (Å²) < 4.78 is 0. The monoisotopic (exact) mass is 249 g/mol. The van der Waals surface area contributed by atoms with Crippen LogP contribution in [0.5, 0.6) is 0 Å². The Kier molecular flexibility index (Phi) is 4.51. The third-order valence-electron chi connectivity index (χ3n) is 3.36. The highest BCUT2D eigenvalue weighted by molar-refractivity contribution is 6.89. The normalized spacial score (nSPS) is 11.4. The van der Waals surface area contributed by atoms with Gasteiger partial charge in [0.25, 0.3) is 0 Å². The van der Waals surface area contributed by atoms with Crippen LogP contribution in [0.1, 0.15) is 20.3 Å². The van der Waals surface area contributed by atoms with E-state index in [0.29, 0.717) is 0 Å². The fourth-order valence-corrected chi connectivity index (χ4v) is 4.71. The van der Waals surface area contributed by atoms with Gasteiger partial charge < -0.3 is 4.90 Å². The number of rotatable bonds is 4. The van der Waals surface area contributed by atoms with Gasteiger partial charge in [-0.2, -0.15) is 0 Å². The van der Waals surface area contributed by atoms with Crippen LogP contribution in [0.3, 0.4) is 0 Å². The fraction of sp³-hybridized carbons (Fsp3) is 0.500. The molecule has 0 aliphatic heterocycles. The van der Waals surface area contributed by atoms with Crippen molar-refractivity contribution < 1.29 is 4.79 Å². The summed E-state index contributed by atoms with van der Waals surface area (Å²) in [5.74, 6) is 0.0807. The van der Waals surface area contributed by atoms with Crippen LogP contribution in [-0.2, 0) is 4.79 Å². The van der Waals surface area contributed by atoms with Crippen LogP contribution in [0, 0.1) is 0 Å². The summed E-state index contributed by atoms with van der Waals surface area (Å²) in [5.41, 5.74) is 1.01. The molecule has 0 bridgehead atoms. The molecule has 0 saturated heterocycles. The van der Waals surface area contributed by atoms with Crippen LogP contribution in [0.4, 0.5) is 5.69 Å². The lowest BCUT2D eigenvalue weighted by molar-refractivity contribution is -0.116. The Bertz CT molecular complexity index is 401. The highest BCUT2D eigenvalue weighted by Crippen LogP contribution is 2.16. The minimum atomic E-state index is -1.33. The summed E-state index contributed by atoms with van der Waals surface area (Å²) in [4.78, 5) is 13.1. The number of amides is 1. The van der Waals surface area contributed by atoms with E-state index in [1.807, 2.05) is 13.1 Å². The predicted octanol–water partition coefficient (Wildman–Crippen LogP) is 2.99. The highest BCUT2D eigenvalue weighted by Gasteiger charge is 2.22. The predicted molar refractivity (Wildman–Crippen MR) is 77.7 cm³/mol. The van der Waals surface area contributed by atoms with Gasteiger partial charge in [0.05, 0.1) is 8.07 Å². The Morgan fingerprint density at radius 1 is 1.35 bits per heavy atom. The second kappa shape index (κ2) is 5.49. The molecule has 0 N–H and O–H groups in total. The molecular formula is C14H23NOSi. The molecule has 0 aliphatic rings. The summed E-state index contributed by atoms with van der Waals surface area (Å²) in [7, 11) is 0.500. The van der Waals surface area contributed by atoms with Gasteiger partial charge in [0.15, 0.2) is 0 Å². The standard InChI is InChI=1S/C14H23NOSi/c1-6-10-17(4,5)14-9-7-8-13(11-14)15(3)12(2)16/h7-9,11H,6,10H2,1-5H3. The molecule has 0 spiro atoms. The Hall–Kier alpha value is -1.09. The molecule has 1 aromatic carbocycles. The average Bonchev–Trinajstić information content (AvgIpc) is 2.28. The highest BCUT2D eigenvalue weighted by atomic mass is 28.3. The number of hydrogen-bond donors (Lipinski definition) is 0. The lowest BCUT2D eigenvalue weighted by Crippen LogP contribution is -2.41. The molecule has 0 unspecified atom stereocenters. The van der Waals surface area contributed by atoms with E-state index in [2.05, 4.69) is 38.2 Å². The van der Waals surface area contributed by atoms with E-state index in [9.17, 15) is 4.79 Å². The van der Waals surface area contributed by atoms with E-state index in [0.717, 1.165) is 5.69 Å². The molecule has 17 heavy (non-hydrogen) atoms. The zero-order valence-electron chi connectivity index (χ0n) is 11.6. The summed E-state index contributed by atoms with van der Waals surface area (Å²) in [6, 6.07) is 9.75. The summed E-state index contributed by atoms with van der Waals surface area (Å²) in [6.07, 6.45) is 1.23. The van der Waals surface area contributed by atoms with Crippen molar-refractivity contribution in [1.82, 2.24) is 0 Å². The van der Waals surface area contributed by atoms with Gasteiger partial charge in [-0.05, 0) is 12.1 Å². The van der Waals surface area contributed by atoms with Crippen molar-refractivity contribution in [3.05, 3.63) is 24.3 Å². The third-order valence-corrected chi connectivity index (χ3v) is 6.99. The summed E-state index contributed by atoms with van der Waals surface area (Å²) in [5, 5.41) is 1.44. The van der Waals surface area contributed by atoms with Crippen LogP contribution in [-0.4, -0.2) is 21.0 Å². The molecule has 3 heteroatoms. The Morgan fingerprint density at radius 2 is 2.00 bits per heavy atom. The molecule has 0 saturated carbocycles. The van der Waals surface area contributed by atoms with E-state index in [1.54, 1.807) is 11.8 Å². The number of carbonyl (C=O) groups excluding carboxylic acids is 1. The molecule has 0 aliphatic carbocycles. The Morgan fingerprint density at radius 3 is 2.53 bits per heavy atom. The molecule has 0 radical (unpaired) electrons. The maximum absolute atomic E-state index is 11.4. The summed E-state index contributed by atoms with van der Waals surface area (Å²) >= 11 is 0. The zero-order chi connectivity index (χ0) is 13.1. The maximum atomic E-state index is 11.4. The van der Waals surface area contributed by atoms with Gasteiger partial charge in [-0.3, -0.25) is 4.79 Å². The molecule has 0 heterocycles. The van der Waals surface area contributed by atoms with Gasteiger partial charge in [-0.15, -0.1) is 0 Å². The van der Waals surface area contributed by atoms with Gasteiger partial charge in [0.2, 0.25) is 5.91 Å². The van der Waals surface area contributed by atoms with Crippen LogP contribution < -0.4 is 10.1 Å². The SMILES string of the molecule is CCC[Si](C)(C)c1cccc(N(C)C(C)=O)c1. The van der Waals surface area contributed by atoms with Crippen LogP contribution in [0.15, 0.2) is 24.3 Å². The first-order valence-electron chi connectivity index (χ1n) is 6.23. The number of anilines is 1. The second-order valence-electron chi connectivity index (χ2n) is 5.26. The molecule has 94 valence electrons. The van der Waals surface area contributed by atoms with Crippen molar-refractivity contribution >= 4 is 24.9 Å². The first-order chi connectivity index (χ1) is 7.88. The molecule has 0 aromatic heterocycles. The van der Waals surface area contributed by atoms with Gasteiger partial charge >= 0.3 is 0 Å². The zero-order valence-corrected chi connectivity index (χ0v) is 12.6. The van der Waals surface area contributed by atoms with Crippen molar-refractivity contribution in [2.45, 2.75) is 39.4 Å². The fourth-order valence-electron chi connectivity index (χ4n) is 2.09. The molecule has 1 rings (SSSR count). The lowest BCUT2D eigenvalue weighted by Gasteiger charge is -2.24. The van der Waals surface area contributed by atoms with Crippen LogP contribution in [0.25, 0.3) is 0 Å². The smallest absolute Gasteiger partial charge is 0.223 e. The van der Waals surface area contributed by atoms with Crippen molar-refractivity contribution in [3.8, 4) is 0 Å². The number of nitrogens with zero attached hydrogens (tertiary/aromatic N) is 1. The molecule has 0 atom stereocenters. The molecule has 1 aromatic rings. The van der Waals surface area contributed by atoms with Crippen molar-refractivity contribution in [2.24, 2.45) is 0 Å². The van der Waals surface area contributed by atoms with Crippen LogP contribution >= 0.6 is 0 Å². The van der Waals surface area contributed by atoms with Crippen LogP contribution in [0.2, 0.25) is 19.1 Å². The van der Waals surface area contributed by atoms with E-state index >= 15 is 0 Å². The minimum absolute atomic E-state index is 0.0807. The van der Waals surface area contributed by atoms with E-state index in [-0.39, 0.29) is 5.91 Å². The van der Waals surface area contributed by atoms with E-state index in [4.69, 9.17) is 0 Å². The lowest BCUT2D eigenvalue weighted by atomic mass is 10.3. The third kappa shape index (κ3) is 3.43. The topological polar surface area (TPSA) is 20.3 Å². The van der Waals surface area contributed by atoms with Gasteiger partial charge in [0.1, 0.15) is 0 Å². The van der Waals surface area contributed by atoms with Gasteiger partial charge in [-0.25, -0.2) is 0 Å². The first kappa shape index (κ1) is 14.0. The second-order valence-corrected chi connectivity index (χ2v) is 10.1. The maximum Gasteiger partial charge on any atom is 0.223 e. The number of carbonyl (C=O) groups is 1. The Balaban J connectivity index is 3.04. The van der Waals surface area contributed by atoms with Crippen molar-refractivity contribution in [3.63, 3.8) is 0 Å². The molecule has 2 nitrogen and oxygen atoms in total. The minimum Gasteiger partial charge on any atom is -0.316 e.